The highest BCUT2D eigenvalue weighted by Gasteiger charge is 2.35. The van der Waals surface area contributed by atoms with E-state index in [4.69, 9.17) is 0 Å². The molecule has 0 saturated heterocycles. The summed E-state index contributed by atoms with van der Waals surface area (Å²) in [5, 5.41) is 6.37. The molecule has 0 amide bonds. The molecule has 0 aliphatic heterocycles. The van der Waals surface area contributed by atoms with Crippen molar-refractivity contribution in [1.82, 2.24) is 0 Å². The number of hydrogen-bond acceptors (Lipinski definition) is 1. The SMILES string of the molecule is CC1(C)c2cc(Nc3ccc(-c4ccc5c6c(cccc46)-c4ccccc4-5)cc3)ccc2-c2ccc(-c3ccccc3)cc21. The maximum absolute atomic E-state index is 3.69. The van der Waals surface area contributed by atoms with Crippen molar-refractivity contribution in [1.29, 1.82) is 0 Å². The molecule has 0 saturated carbocycles. The summed E-state index contributed by atoms with van der Waals surface area (Å²) in [6, 6.07) is 53.4. The van der Waals surface area contributed by atoms with E-state index in [1.807, 2.05) is 0 Å². The monoisotopic (exact) mass is 561 g/mol. The predicted octanol–water partition coefficient (Wildman–Crippen LogP) is 11.9. The van der Waals surface area contributed by atoms with Crippen LogP contribution in [0, 0.1) is 0 Å². The summed E-state index contributed by atoms with van der Waals surface area (Å²) in [6.07, 6.45) is 0. The van der Waals surface area contributed by atoms with Gasteiger partial charge in [-0.2, -0.15) is 0 Å². The third kappa shape index (κ3) is 3.66. The van der Waals surface area contributed by atoms with E-state index < -0.39 is 0 Å². The van der Waals surface area contributed by atoms with Crippen molar-refractivity contribution < 1.29 is 0 Å². The molecule has 0 atom stereocenters. The van der Waals surface area contributed by atoms with Gasteiger partial charge in [0.15, 0.2) is 0 Å². The van der Waals surface area contributed by atoms with Gasteiger partial charge in [0.25, 0.3) is 0 Å². The van der Waals surface area contributed by atoms with Gasteiger partial charge in [-0.1, -0.05) is 129 Å². The van der Waals surface area contributed by atoms with Gasteiger partial charge >= 0.3 is 0 Å². The Kier molecular flexibility index (Phi) is 5.31. The third-order valence-corrected chi connectivity index (χ3v) is 9.82. The molecule has 1 nitrogen and oxygen atoms in total. The van der Waals surface area contributed by atoms with Crippen LogP contribution in [0.15, 0.2) is 146 Å². The Hall–Kier alpha value is -5.40. The van der Waals surface area contributed by atoms with Gasteiger partial charge in [-0.05, 0) is 108 Å². The molecule has 7 aromatic rings. The number of fused-ring (bicyclic) bond motifs is 6. The standard InChI is InChI=1S/C43H31N/c1-43(2)40-25-29(27-9-4-3-5-10-27)17-21-35(40)36-22-20-31(26-41(36)43)44-30-18-15-28(16-19-30)32-23-24-39-34-12-7-6-11-33(34)38-14-8-13-37(32)42(38)39/h3-26,44H,1-2H3. The van der Waals surface area contributed by atoms with E-state index in [1.165, 1.54) is 77.5 Å². The van der Waals surface area contributed by atoms with Gasteiger partial charge in [-0.15, -0.1) is 0 Å². The first-order chi connectivity index (χ1) is 21.6. The Balaban J connectivity index is 1.02. The zero-order chi connectivity index (χ0) is 29.4. The van der Waals surface area contributed by atoms with Crippen molar-refractivity contribution in [2.24, 2.45) is 0 Å². The summed E-state index contributed by atoms with van der Waals surface area (Å²) in [5.41, 5.74) is 17.9. The smallest absolute Gasteiger partial charge is 0.0387 e. The molecule has 44 heavy (non-hydrogen) atoms. The first-order valence-electron chi connectivity index (χ1n) is 15.4. The Morgan fingerprint density at radius 3 is 1.73 bits per heavy atom. The number of hydrogen-bond donors (Lipinski definition) is 1. The fourth-order valence-corrected chi connectivity index (χ4v) is 7.59. The largest absolute Gasteiger partial charge is 0.356 e. The molecule has 0 aromatic heterocycles. The van der Waals surface area contributed by atoms with Crippen LogP contribution in [-0.2, 0) is 5.41 Å². The molecule has 208 valence electrons. The summed E-state index contributed by atoms with van der Waals surface area (Å²) in [4.78, 5) is 0. The second-order valence-electron chi connectivity index (χ2n) is 12.6. The molecule has 0 spiro atoms. The molecule has 1 N–H and O–H groups in total. The zero-order valence-corrected chi connectivity index (χ0v) is 24.9. The van der Waals surface area contributed by atoms with Crippen molar-refractivity contribution in [2.75, 3.05) is 5.32 Å². The molecule has 1 heteroatoms. The van der Waals surface area contributed by atoms with Crippen molar-refractivity contribution in [3.05, 3.63) is 157 Å². The van der Waals surface area contributed by atoms with E-state index in [-0.39, 0.29) is 5.41 Å². The first-order valence-corrected chi connectivity index (χ1v) is 15.4. The number of anilines is 2. The topological polar surface area (TPSA) is 12.0 Å². The van der Waals surface area contributed by atoms with Crippen LogP contribution in [0.2, 0.25) is 0 Å². The van der Waals surface area contributed by atoms with E-state index in [1.54, 1.807) is 0 Å². The second-order valence-corrected chi connectivity index (χ2v) is 12.6. The molecule has 7 aromatic carbocycles. The molecule has 0 fully saturated rings. The Bertz CT molecular complexity index is 2230. The lowest BCUT2D eigenvalue weighted by atomic mass is 9.81. The van der Waals surface area contributed by atoms with Gasteiger partial charge in [-0.25, -0.2) is 0 Å². The van der Waals surface area contributed by atoms with Gasteiger partial charge < -0.3 is 5.32 Å². The summed E-state index contributed by atoms with van der Waals surface area (Å²) in [5.74, 6) is 0. The second kappa shape index (κ2) is 9.30. The van der Waals surface area contributed by atoms with Crippen LogP contribution in [0.3, 0.4) is 0 Å². The molecule has 0 unspecified atom stereocenters. The van der Waals surface area contributed by atoms with E-state index >= 15 is 0 Å². The maximum Gasteiger partial charge on any atom is 0.0387 e. The summed E-state index contributed by atoms with van der Waals surface area (Å²) in [6.45, 7) is 4.70. The van der Waals surface area contributed by atoms with E-state index in [0.29, 0.717) is 0 Å². The highest BCUT2D eigenvalue weighted by atomic mass is 14.9. The van der Waals surface area contributed by atoms with Crippen LogP contribution >= 0.6 is 0 Å². The molecular weight excluding hydrogens is 530 g/mol. The van der Waals surface area contributed by atoms with Crippen LogP contribution in [0.5, 0.6) is 0 Å². The number of nitrogens with one attached hydrogen (secondary N) is 1. The maximum atomic E-state index is 3.69. The summed E-state index contributed by atoms with van der Waals surface area (Å²) < 4.78 is 0. The van der Waals surface area contributed by atoms with Gasteiger partial charge in [-0.3, -0.25) is 0 Å². The normalized spacial score (nSPS) is 13.4. The van der Waals surface area contributed by atoms with E-state index in [9.17, 15) is 0 Å². The van der Waals surface area contributed by atoms with Gasteiger partial charge in [0.2, 0.25) is 0 Å². The third-order valence-electron chi connectivity index (χ3n) is 9.82. The molecular formula is C43H31N. The van der Waals surface area contributed by atoms with E-state index in [2.05, 4.69) is 165 Å². The van der Waals surface area contributed by atoms with Gasteiger partial charge in [0, 0.05) is 16.8 Å². The zero-order valence-electron chi connectivity index (χ0n) is 24.9. The average molecular weight is 562 g/mol. The highest BCUT2D eigenvalue weighted by Crippen LogP contribution is 2.51. The Labute approximate surface area is 258 Å². The van der Waals surface area contributed by atoms with E-state index in [0.717, 1.165) is 11.4 Å². The fourth-order valence-electron chi connectivity index (χ4n) is 7.59. The molecule has 0 radical (unpaired) electrons. The lowest BCUT2D eigenvalue weighted by Crippen LogP contribution is -2.15. The van der Waals surface area contributed by atoms with Crippen LogP contribution in [0.25, 0.3) is 66.4 Å². The number of rotatable bonds is 4. The quantitative estimate of drug-likeness (QED) is 0.225. The molecule has 0 bridgehead atoms. The Morgan fingerprint density at radius 2 is 0.955 bits per heavy atom. The molecule has 2 aliphatic rings. The first kappa shape index (κ1) is 25.1. The van der Waals surface area contributed by atoms with Crippen LogP contribution in [-0.4, -0.2) is 0 Å². The van der Waals surface area contributed by atoms with Crippen molar-refractivity contribution in [3.8, 4) is 55.6 Å². The van der Waals surface area contributed by atoms with Crippen molar-refractivity contribution in [2.45, 2.75) is 19.3 Å². The highest BCUT2D eigenvalue weighted by molar-refractivity contribution is 6.18. The van der Waals surface area contributed by atoms with Crippen LogP contribution < -0.4 is 5.32 Å². The van der Waals surface area contributed by atoms with Crippen LogP contribution in [0.4, 0.5) is 11.4 Å². The minimum absolute atomic E-state index is 0.0769. The summed E-state index contributed by atoms with van der Waals surface area (Å²) in [7, 11) is 0. The molecule has 9 rings (SSSR count). The lowest BCUT2D eigenvalue weighted by Gasteiger charge is -2.23. The van der Waals surface area contributed by atoms with Crippen molar-refractivity contribution >= 4 is 22.1 Å². The fraction of sp³-hybridized carbons (Fsp3) is 0.0698. The lowest BCUT2D eigenvalue weighted by molar-refractivity contribution is 0.661. The molecule has 2 aliphatic carbocycles. The average Bonchev–Trinajstić information content (AvgIpc) is 3.51. The van der Waals surface area contributed by atoms with Crippen LogP contribution in [0.1, 0.15) is 25.0 Å². The molecule has 0 heterocycles. The minimum atomic E-state index is -0.0769. The van der Waals surface area contributed by atoms with Gasteiger partial charge in [0.1, 0.15) is 0 Å². The summed E-state index contributed by atoms with van der Waals surface area (Å²) >= 11 is 0. The van der Waals surface area contributed by atoms with Gasteiger partial charge in [0.05, 0.1) is 0 Å². The van der Waals surface area contributed by atoms with Crippen molar-refractivity contribution in [3.63, 3.8) is 0 Å². The predicted molar refractivity (Wildman–Crippen MR) is 187 cm³/mol. The number of benzene rings is 7. The Morgan fingerprint density at radius 1 is 0.386 bits per heavy atom. The minimum Gasteiger partial charge on any atom is -0.356 e.